The zero-order valence-electron chi connectivity index (χ0n) is 10.7. The first-order valence-corrected chi connectivity index (χ1v) is 6.09. The molecule has 4 heteroatoms. The molecular formula is C13H19ClO3. The number of alkyl halides is 1. The summed E-state index contributed by atoms with van der Waals surface area (Å²) in [7, 11) is 3.21. The number of benzene rings is 1. The first-order chi connectivity index (χ1) is 8.12. The normalized spacial score (nSPS) is 10.5. The monoisotopic (exact) mass is 258 g/mol. The zero-order chi connectivity index (χ0) is 12.8. The van der Waals surface area contributed by atoms with Crippen LogP contribution in [0.15, 0.2) is 12.1 Å². The molecule has 0 amide bonds. The highest BCUT2D eigenvalue weighted by atomic mass is 35.5. The molecule has 0 aromatic heterocycles. The average molecular weight is 259 g/mol. The van der Waals surface area contributed by atoms with Gasteiger partial charge in [0.25, 0.3) is 0 Å². The van der Waals surface area contributed by atoms with Gasteiger partial charge >= 0.3 is 0 Å². The standard InChI is InChI=1S/C13H19ClO3/c1-9(2)8-17-13-11(15-3)5-10(7-14)6-12(13)16-4/h5-6,9H,7-8H2,1-4H3. The lowest BCUT2D eigenvalue weighted by atomic mass is 10.2. The molecule has 96 valence electrons. The van der Waals surface area contributed by atoms with E-state index >= 15 is 0 Å². The summed E-state index contributed by atoms with van der Waals surface area (Å²) in [6.45, 7) is 4.80. The predicted octanol–water partition coefficient (Wildman–Crippen LogP) is 3.48. The highest BCUT2D eigenvalue weighted by Gasteiger charge is 2.14. The van der Waals surface area contributed by atoms with Gasteiger partial charge in [0.1, 0.15) is 0 Å². The van der Waals surface area contributed by atoms with Crippen LogP contribution in [-0.4, -0.2) is 20.8 Å². The van der Waals surface area contributed by atoms with Gasteiger partial charge in [0.2, 0.25) is 5.75 Å². The zero-order valence-corrected chi connectivity index (χ0v) is 11.5. The summed E-state index contributed by atoms with van der Waals surface area (Å²) >= 11 is 5.81. The molecule has 0 radical (unpaired) electrons. The average Bonchev–Trinajstić information content (AvgIpc) is 2.34. The number of hydrogen-bond donors (Lipinski definition) is 0. The van der Waals surface area contributed by atoms with Crippen molar-refractivity contribution in [1.82, 2.24) is 0 Å². The molecule has 0 spiro atoms. The van der Waals surface area contributed by atoms with E-state index in [0.29, 0.717) is 35.7 Å². The highest BCUT2D eigenvalue weighted by Crippen LogP contribution is 2.39. The van der Waals surface area contributed by atoms with Crippen LogP contribution >= 0.6 is 11.6 Å². The summed E-state index contributed by atoms with van der Waals surface area (Å²) in [5, 5.41) is 0. The van der Waals surface area contributed by atoms with Gasteiger partial charge in [0, 0.05) is 5.88 Å². The van der Waals surface area contributed by atoms with Gasteiger partial charge in [-0.25, -0.2) is 0 Å². The van der Waals surface area contributed by atoms with Gasteiger partial charge in [-0.15, -0.1) is 11.6 Å². The van der Waals surface area contributed by atoms with Gasteiger partial charge in [0.05, 0.1) is 20.8 Å². The van der Waals surface area contributed by atoms with Gasteiger partial charge in [-0.05, 0) is 23.6 Å². The van der Waals surface area contributed by atoms with Crippen LogP contribution in [0.1, 0.15) is 19.4 Å². The van der Waals surface area contributed by atoms with Crippen molar-refractivity contribution >= 4 is 11.6 Å². The second-order valence-electron chi connectivity index (χ2n) is 4.17. The minimum Gasteiger partial charge on any atom is -0.493 e. The van der Waals surface area contributed by atoms with Crippen LogP contribution in [0, 0.1) is 5.92 Å². The fourth-order valence-corrected chi connectivity index (χ4v) is 1.56. The van der Waals surface area contributed by atoms with Crippen molar-refractivity contribution < 1.29 is 14.2 Å². The van der Waals surface area contributed by atoms with E-state index in [-0.39, 0.29) is 0 Å². The summed E-state index contributed by atoms with van der Waals surface area (Å²) in [5.74, 6) is 2.80. The van der Waals surface area contributed by atoms with Crippen molar-refractivity contribution in [3.63, 3.8) is 0 Å². The molecule has 0 atom stereocenters. The van der Waals surface area contributed by atoms with Crippen molar-refractivity contribution in [2.45, 2.75) is 19.7 Å². The van der Waals surface area contributed by atoms with Crippen LogP contribution < -0.4 is 14.2 Å². The van der Waals surface area contributed by atoms with Crippen molar-refractivity contribution in [3.8, 4) is 17.2 Å². The van der Waals surface area contributed by atoms with Crippen LogP contribution in [0.3, 0.4) is 0 Å². The Kier molecular flexibility index (Phi) is 5.42. The Labute approximate surface area is 108 Å². The number of methoxy groups -OCH3 is 2. The molecule has 1 aromatic carbocycles. The van der Waals surface area contributed by atoms with Crippen LogP contribution in [0.25, 0.3) is 0 Å². The quantitative estimate of drug-likeness (QED) is 0.731. The van der Waals surface area contributed by atoms with E-state index in [2.05, 4.69) is 13.8 Å². The molecule has 0 saturated heterocycles. The van der Waals surface area contributed by atoms with E-state index in [0.717, 1.165) is 5.56 Å². The number of halogens is 1. The Hall–Kier alpha value is -1.09. The van der Waals surface area contributed by atoms with Crippen molar-refractivity contribution in [3.05, 3.63) is 17.7 Å². The van der Waals surface area contributed by atoms with Crippen LogP contribution in [0.4, 0.5) is 0 Å². The molecule has 0 N–H and O–H groups in total. The Morgan fingerprint density at radius 1 is 1.12 bits per heavy atom. The maximum absolute atomic E-state index is 5.81. The second kappa shape index (κ2) is 6.60. The molecule has 0 aliphatic carbocycles. The number of hydrogen-bond acceptors (Lipinski definition) is 3. The lowest BCUT2D eigenvalue weighted by Crippen LogP contribution is -2.07. The third kappa shape index (κ3) is 3.70. The van der Waals surface area contributed by atoms with E-state index in [1.165, 1.54) is 0 Å². The smallest absolute Gasteiger partial charge is 0.203 e. The van der Waals surface area contributed by atoms with Gasteiger partial charge in [0.15, 0.2) is 11.5 Å². The lowest BCUT2D eigenvalue weighted by molar-refractivity contribution is 0.243. The molecule has 17 heavy (non-hydrogen) atoms. The van der Waals surface area contributed by atoms with E-state index in [9.17, 15) is 0 Å². The Morgan fingerprint density at radius 2 is 1.65 bits per heavy atom. The fraction of sp³-hybridized carbons (Fsp3) is 0.538. The summed E-state index contributed by atoms with van der Waals surface area (Å²) in [6.07, 6.45) is 0. The molecule has 0 bridgehead atoms. The summed E-state index contributed by atoms with van der Waals surface area (Å²) < 4.78 is 16.3. The van der Waals surface area contributed by atoms with Crippen LogP contribution in [-0.2, 0) is 5.88 Å². The van der Waals surface area contributed by atoms with Crippen molar-refractivity contribution in [1.29, 1.82) is 0 Å². The maximum atomic E-state index is 5.81. The lowest BCUT2D eigenvalue weighted by Gasteiger charge is -2.16. The topological polar surface area (TPSA) is 27.7 Å². The Balaban J connectivity index is 3.06. The molecular weight excluding hydrogens is 240 g/mol. The fourth-order valence-electron chi connectivity index (χ4n) is 1.40. The summed E-state index contributed by atoms with van der Waals surface area (Å²) in [5.41, 5.74) is 0.942. The van der Waals surface area contributed by atoms with Crippen molar-refractivity contribution in [2.24, 2.45) is 5.92 Å². The third-order valence-corrected chi connectivity index (χ3v) is 2.54. The van der Waals surface area contributed by atoms with Crippen LogP contribution in [0.5, 0.6) is 17.2 Å². The minimum absolute atomic E-state index is 0.414. The second-order valence-corrected chi connectivity index (χ2v) is 4.44. The van der Waals surface area contributed by atoms with E-state index in [1.54, 1.807) is 14.2 Å². The minimum atomic E-state index is 0.414. The Morgan fingerprint density at radius 3 is 2.00 bits per heavy atom. The molecule has 0 unspecified atom stereocenters. The van der Waals surface area contributed by atoms with E-state index in [1.807, 2.05) is 12.1 Å². The molecule has 0 aliphatic rings. The molecule has 1 aromatic rings. The molecule has 1 rings (SSSR count). The highest BCUT2D eigenvalue weighted by molar-refractivity contribution is 6.17. The SMILES string of the molecule is COc1cc(CCl)cc(OC)c1OCC(C)C. The summed E-state index contributed by atoms with van der Waals surface area (Å²) in [4.78, 5) is 0. The van der Waals surface area contributed by atoms with Crippen LogP contribution in [0.2, 0.25) is 0 Å². The number of ether oxygens (including phenoxy) is 3. The summed E-state index contributed by atoms with van der Waals surface area (Å²) in [6, 6.07) is 3.73. The number of rotatable bonds is 6. The largest absolute Gasteiger partial charge is 0.493 e. The molecule has 0 heterocycles. The maximum Gasteiger partial charge on any atom is 0.203 e. The molecule has 0 saturated carbocycles. The van der Waals surface area contributed by atoms with E-state index < -0.39 is 0 Å². The first kappa shape index (κ1) is 14.0. The van der Waals surface area contributed by atoms with Gasteiger partial charge in [-0.2, -0.15) is 0 Å². The van der Waals surface area contributed by atoms with Gasteiger partial charge < -0.3 is 14.2 Å². The third-order valence-electron chi connectivity index (χ3n) is 2.24. The Bertz CT molecular complexity index is 339. The van der Waals surface area contributed by atoms with E-state index in [4.69, 9.17) is 25.8 Å². The first-order valence-electron chi connectivity index (χ1n) is 5.56. The van der Waals surface area contributed by atoms with Gasteiger partial charge in [-0.1, -0.05) is 13.8 Å². The molecule has 3 nitrogen and oxygen atoms in total. The molecule has 0 aliphatic heterocycles. The molecule has 0 fully saturated rings. The van der Waals surface area contributed by atoms with Gasteiger partial charge in [-0.3, -0.25) is 0 Å². The van der Waals surface area contributed by atoms with Crippen molar-refractivity contribution in [2.75, 3.05) is 20.8 Å². The predicted molar refractivity (Wildman–Crippen MR) is 69.4 cm³/mol.